The molecule has 26 heavy (non-hydrogen) atoms. The van der Waals surface area contributed by atoms with E-state index in [1.807, 2.05) is 55.4 Å². The summed E-state index contributed by atoms with van der Waals surface area (Å²) in [5.41, 5.74) is -1.51. The maximum atomic E-state index is 12.9. The normalized spacial score (nSPS) is 15.0. The van der Waals surface area contributed by atoms with Crippen LogP contribution < -0.4 is 0 Å². The lowest BCUT2D eigenvalue weighted by molar-refractivity contribution is -0.169. The van der Waals surface area contributed by atoms with Crippen molar-refractivity contribution in [2.24, 2.45) is 35.0 Å². The Labute approximate surface area is 159 Å². The molecule has 0 aliphatic heterocycles. The molecule has 0 spiro atoms. The molecule has 0 fully saturated rings. The number of hydrogen-bond acceptors (Lipinski definition) is 5. The minimum absolute atomic E-state index is 0.0637. The van der Waals surface area contributed by atoms with E-state index in [9.17, 15) is 14.9 Å². The molecule has 0 heterocycles. The van der Waals surface area contributed by atoms with Crippen molar-refractivity contribution in [2.75, 3.05) is 13.2 Å². The highest BCUT2D eigenvalue weighted by Gasteiger charge is 2.52. The molecule has 0 aromatic heterocycles. The van der Waals surface area contributed by atoms with Crippen molar-refractivity contribution >= 4 is 11.9 Å². The maximum Gasteiger partial charge on any atom is 0.327 e. The smallest absolute Gasteiger partial charge is 0.327 e. The fourth-order valence-electron chi connectivity index (χ4n) is 2.87. The zero-order valence-electron chi connectivity index (χ0n) is 17.8. The number of ether oxygens (including phenoxy) is 2. The second-order valence-corrected chi connectivity index (χ2v) is 8.88. The van der Waals surface area contributed by atoms with Crippen LogP contribution in [0.15, 0.2) is 0 Å². The number of esters is 2. The highest BCUT2D eigenvalue weighted by atomic mass is 16.5. The van der Waals surface area contributed by atoms with E-state index in [1.165, 1.54) is 0 Å². The largest absolute Gasteiger partial charge is 0.465 e. The van der Waals surface area contributed by atoms with Gasteiger partial charge in [-0.1, -0.05) is 55.4 Å². The van der Waals surface area contributed by atoms with Crippen LogP contribution in [-0.4, -0.2) is 25.2 Å². The van der Waals surface area contributed by atoms with Crippen LogP contribution in [0.1, 0.15) is 68.2 Å². The monoisotopic (exact) mass is 367 g/mol. The van der Waals surface area contributed by atoms with Crippen molar-refractivity contribution in [2.45, 2.75) is 68.2 Å². The SMILES string of the molecule is CC(C)COC(=O)C(CC(C)C)C(C#N)(CC(C)C)C(=O)OCC(C)C. The van der Waals surface area contributed by atoms with Crippen LogP contribution in [-0.2, 0) is 19.1 Å². The molecule has 0 aromatic carbocycles. The van der Waals surface area contributed by atoms with Crippen LogP contribution in [0.4, 0.5) is 0 Å². The Kier molecular flexibility index (Phi) is 10.5. The number of nitriles is 1. The molecule has 0 radical (unpaired) electrons. The van der Waals surface area contributed by atoms with Crippen LogP contribution in [0, 0.1) is 46.3 Å². The topological polar surface area (TPSA) is 76.4 Å². The molecule has 0 bridgehead atoms. The predicted molar refractivity (Wildman–Crippen MR) is 102 cm³/mol. The van der Waals surface area contributed by atoms with Gasteiger partial charge in [0.1, 0.15) is 0 Å². The Balaban J connectivity index is 5.86. The highest BCUT2D eigenvalue weighted by Crippen LogP contribution is 2.40. The van der Waals surface area contributed by atoms with Crippen LogP contribution in [0.2, 0.25) is 0 Å². The van der Waals surface area contributed by atoms with Gasteiger partial charge in [0.05, 0.1) is 25.2 Å². The quantitative estimate of drug-likeness (QED) is 0.499. The van der Waals surface area contributed by atoms with Crippen LogP contribution in [0.3, 0.4) is 0 Å². The third-order valence-electron chi connectivity index (χ3n) is 3.99. The molecule has 0 aromatic rings. The van der Waals surface area contributed by atoms with Gasteiger partial charge in [-0.05, 0) is 36.5 Å². The first-order chi connectivity index (χ1) is 12.0. The lowest BCUT2D eigenvalue weighted by Crippen LogP contribution is -2.45. The van der Waals surface area contributed by atoms with E-state index >= 15 is 0 Å². The first kappa shape index (κ1) is 24.4. The molecule has 5 heteroatoms. The molecule has 2 unspecified atom stereocenters. The number of nitrogens with zero attached hydrogens (tertiary/aromatic N) is 1. The highest BCUT2D eigenvalue weighted by molar-refractivity contribution is 5.88. The van der Waals surface area contributed by atoms with Crippen LogP contribution >= 0.6 is 0 Å². The van der Waals surface area contributed by atoms with Gasteiger partial charge >= 0.3 is 11.9 Å². The number of hydrogen-bond donors (Lipinski definition) is 0. The van der Waals surface area contributed by atoms with Crippen LogP contribution in [0.25, 0.3) is 0 Å². The second-order valence-electron chi connectivity index (χ2n) is 8.88. The van der Waals surface area contributed by atoms with E-state index in [0.29, 0.717) is 6.42 Å². The van der Waals surface area contributed by atoms with E-state index in [2.05, 4.69) is 6.07 Å². The second kappa shape index (κ2) is 11.2. The number of carbonyl (C=O) groups excluding carboxylic acids is 2. The lowest BCUT2D eigenvalue weighted by Gasteiger charge is -2.34. The van der Waals surface area contributed by atoms with E-state index in [1.54, 1.807) is 0 Å². The van der Waals surface area contributed by atoms with Gasteiger partial charge < -0.3 is 9.47 Å². The summed E-state index contributed by atoms with van der Waals surface area (Å²) in [6.45, 7) is 16.1. The van der Waals surface area contributed by atoms with E-state index in [-0.39, 0.29) is 43.3 Å². The summed E-state index contributed by atoms with van der Waals surface area (Å²) in [5, 5.41) is 10.0. The minimum Gasteiger partial charge on any atom is -0.465 e. The van der Waals surface area contributed by atoms with Gasteiger partial charge in [0, 0.05) is 0 Å². The van der Waals surface area contributed by atoms with Gasteiger partial charge in [0.15, 0.2) is 5.41 Å². The van der Waals surface area contributed by atoms with Crippen molar-refractivity contribution < 1.29 is 19.1 Å². The Morgan fingerprint density at radius 2 is 1.35 bits per heavy atom. The first-order valence-corrected chi connectivity index (χ1v) is 9.71. The van der Waals surface area contributed by atoms with E-state index < -0.39 is 23.3 Å². The van der Waals surface area contributed by atoms with Crippen molar-refractivity contribution in [3.8, 4) is 6.07 Å². The molecule has 0 aliphatic carbocycles. The maximum absolute atomic E-state index is 12.9. The summed E-state index contributed by atoms with van der Waals surface area (Å²) in [5.74, 6) is -1.35. The van der Waals surface area contributed by atoms with Crippen molar-refractivity contribution in [3.63, 3.8) is 0 Å². The molecule has 0 N–H and O–H groups in total. The first-order valence-electron chi connectivity index (χ1n) is 9.71. The zero-order valence-corrected chi connectivity index (χ0v) is 17.8. The molecule has 5 nitrogen and oxygen atoms in total. The summed E-state index contributed by atoms with van der Waals surface area (Å²) in [4.78, 5) is 25.8. The third-order valence-corrected chi connectivity index (χ3v) is 3.99. The average Bonchev–Trinajstić information content (AvgIpc) is 2.52. The summed E-state index contributed by atoms with van der Waals surface area (Å²) in [6, 6.07) is 2.17. The van der Waals surface area contributed by atoms with Crippen molar-refractivity contribution in [1.82, 2.24) is 0 Å². The lowest BCUT2D eigenvalue weighted by atomic mass is 9.68. The molecule has 0 aliphatic rings. The predicted octanol–water partition coefficient (Wildman–Crippen LogP) is 4.60. The summed E-state index contributed by atoms with van der Waals surface area (Å²) < 4.78 is 10.9. The number of rotatable bonds is 11. The summed E-state index contributed by atoms with van der Waals surface area (Å²) in [7, 11) is 0. The van der Waals surface area contributed by atoms with Gasteiger partial charge in [-0.25, -0.2) is 0 Å². The van der Waals surface area contributed by atoms with Crippen molar-refractivity contribution in [3.05, 3.63) is 0 Å². The van der Waals surface area contributed by atoms with E-state index in [0.717, 1.165) is 0 Å². The van der Waals surface area contributed by atoms with E-state index in [4.69, 9.17) is 9.47 Å². The number of carbonyl (C=O) groups is 2. The molecule has 150 valence electrons. The molecule has 2 atom stereocenters. The summed E-state index contributed by atoms with van der Waals surface area (Å²) in [6.07, 6.45) is 0.683. The summed E-state index contributed by atoms with van der Waals surface area (Å²) >= 11 is 0. The van der Waals surface area contributed by atoms with Gasteiger partial charge in [0.25, 0.3) is 0 Å². The van der Waals surface area contributed by atoms with Gasteiger partial charge in [-0.3, -0.25) is 9.59 Å². The Hall–Kier alpha value is -1.57. The fourth-order valence-corrected chi connectivity index (χ4v) is 2.87. The molecule has 0 saturated heterocycles. The fraction of sp³-hybridized carbons (Fsp3) is 0.857. The molecule has 0 amide bonds. The van der Waals surface area contributed by atoms with Gasteiger partial charge in [0.2, 0.25) is 0 Å². The van der Waals surface area contributed by atoms with Crippen LogP contribution in [0.5, 0.6) is 0 Å². The zero-order chi connectivity index (χ0) is 20.5. The Morgan fingerprint density at radius 3 is 1.73 bits per heavy atom. The molecule has 0 saturated carbocycles. The molecule has 0 rings (SSSR count). The average molecular weight is 368 g/mol. The Bertz CT molecular complexity index is 491. The third kappa shape index (κ3) is 7.76. The molecular formula is C21H37NO4. The standard InChI is InChI=1S/C21H37NO4/c1-14(2)9-18(19(23)25-11-16(5)6)21(13-22,10-15(3)4)20(24)26-12-17(7)8/h14-18H,9-12H2,1-8H3. The van der Waals surface area contributed by atoms with Gasteiger partial charge in [-0.2, -0.15) is 5.26 Å². The Morgan fingerprint density at radius 1 is 0.846 bits per heavy atom. The minimum atomic E-state index is -1.51. The van der Waals surface area contributed by atoms with Crippen molar-refractivity contribution in [1.29, 1.82) is 5.26 Å². The molecular weight excluding hydrogens is 330 g/mol. The van der Waals surface area contributed by atoms with Gasteiger partial charge in [-0.15, -0.1) is 0 Å².